The number of halogens is 3. The van der Waals surface area contributed by atoms with Crippen LogP contribution in [-0.2, 0) is 0 Å². The summed E-state index contributed by atoms with van der Waals surface area (Å²) < 4.78 is 65.7. The maximum atomic E-state index is 17.2. The number of benzene rings is 2. The van der Waals surface area contributed by atoms with E-state index < -0.39 is 23.3 Å². The van der Waals surface area contributed by atoms with Gasteiger partial charge in [-0.25, -0.2) is 18.2 Å². The average Bonchev–Trinajstić information content (AvgIpc) is 3.77. The number of phenols is 1. The van der Waals surface area contributed by atoms with Crippen LogP contribution in [0.1, 0.15) is 45.4 Å². The molecule has 10 nitrogen and oxygen atoms in total. The van der Waals surface area contributed by atoms with E-state index in [1.54, 1.807) is 0 Å². The van der Waals surface area contributed by atoms with Gasteiger partial charge < -0.3 is 29.5 Å². The first-order valence-electron chi connectivity index (χ1n) is 17.0. The van der Waals surface area contributed by atoms with Gasteiger partial charge in [-0.1, -0.05) is 13.0 Å². The zero-order valence-electron chi connectivity index (χ0n) is 26.6. The number of rotatable bonds is 7. The maximum Gasteiger partial charge on any atom is 0.319 e. The number of anilines is 1. The van der Waals surface area contributed by atoms with Crippen LogP contribution in [0, 0.1) is 11.6 Å². The van der Waals surface area contributed by atoms with Crippen molar-refractivity contribution in [2.75, 3.05) is 44.3 Å². The number of fused-ring (bicyclic) bond motifs is 4. The average molecular weight is 663 g/mol. The third kappa shape index (κ3) is 4.80. The van der Waals surface area contributed by atoms with Gasteiger partial charge in [-0.15, -0.1) is 0 Å². The number of alkyl halides is 1. The van der Waals surface area contributed by atoms with Gasteiger partial charge in [0.15, 0.2) is 17.4 Å². The Balaban J connectivity index is 1.23. The minimum atomic E-state index is -0.926. The van der Waals surface area contributed by atoms with Gasteiger partial charge in [0.25, 0.3) is 0 Å². The molecule has 0 amide bonds. The highest BCUT2D eigenvalue weighted by molar-refractivity contribution is 6.04. The fraction of sp³-hybridized carbons (Fsp3) is 0.514. The Bertz CT molecular complexity index is 1940. The van der Waals surface area contributed by atoms with Crippen molar-refractivity contribution in [3.63, 3.8) is 0 Å². The van der Waals surface area contributed by atoms with Gasteiger partial charge in [0.1, 0.15) is 47.5 Å². The molecule has 0 radical (unpaired) electrons. The summed E-state index contributed by atoms with van der Waals surface area (Å²) in [7, 11) is 0. The Kier molecular flexibility index (Phi) is 7.02. The number of hydrogen-bond donors (Lipinski definition) is 2. The summed E-state index contributed by atoms with van der Waals surface area (Å²) >= 11 is 0. The topological polar surface area (TPSA) is 105 Å². The molecule has 5 aliphatic rings. The van der Waals surface area contributed by atoms with Gasteiger partial charge in [0.05, 0.1) is 17.7 Å². The van der Waals surface area contributed by atoms with E-state index in [2.05, 4.69) is 27.0 Å². The third-order valence-corrected chi connectivity index (χ3v) is 10.7. The van der Waals surface area contributed by atoms with Crippen molar-refractivity contribution in [2.45, 2.75) is 75.3 Å². The van der Waals surface area contributed by atoms with Crippen LogP contribution in [0.5, 0.6) is 23.4 Å². The first-order chi connectivity index (χ1) is 23.3. The van der Waals surface area contributed by atoms with Crippen molar-refractivity contribution in [3.8, 4) is 34.6 Å². The molecule has 4 atom stereocenters. The molecule has 0 spiro atoms. The number of hydrogen-bond acceptors (Lipinski definition) is 10. The van der Waals surface area contributed by atoms with E-state index in [1.807, 2.05) is 0 Å². The zero-order chi connectivity index (χ0) is 32.7. The van der Waals surface area contributed by atoms with Gasteiger partial charge in [-0.2, -0.15) is 9.97 Å². The van der Waals surface area contributed by atoms with E-state index in [4.69, 9.17) is 24.2 Å². The molecule has 4 aromatic rings. The molecule has 2 aromatic carbocycles. The molecule has 9 rings (SSSR count). The molecular weight excluding hydrogens is 625 g/mol. The van der Waals surface area contributed by atoms with Crippen LogP contribution in [0.3, 0.4) is 0 Å². The lowest BCUT2D eigenvalue weighted by Crippen LogP contribution is -2.60. The second-order valence-electron chi connectivity index (χ2n) is 13.8. The number of pyridine rings is 1. The Labute approximate surface area is 275 Å². The van der Waals surface area contributed by atoms with Crippen LogP contribution >= 0.6 is 0 Å². The van der Waals surface area contributed by atoms with Crippen LogP contribution in [0.4, 0.5) is 19.0 Å². The summed E-state index contributed by atoms with van der Waals surface area (Å²) in [6.07, 6.45) is 3.49. The van der Waals surface area contributed by atoms with E-state index in [1.165, 1.54) is 24.3 Å². The van der Waals surface area contributed by atoms with Gasteiger partial charge in [-0.3, -0.25) is 4.90 Å². The Morgan fingerprint density at radius 3 is 2.83 bits per heavy atom. The largest absolute Gasteiger partial charge is 0.508 e. The number of ether oxygens (including phenoxy) is 3. The third-order valence-electron chi connectivity index (χ3n) is 10.7. The van der Waals surface area contributed by atoms with Crippen molar-refractivity contribution in [2.24, 2.45) is 0 Å². The fourth-order valence-corrected chi connectivity index (χ4v) is 8.29. The molecule has 48 heavy (non-hydrogen) atoms. The van der Waals surface area contributed by atoms with Crippen LogP contribution in [0.25, 0.3) is 32.9 Å². The SMILES string of the molecule is CC[C@@H]1NCCN2c3nc(OC[C@@]45CCCN4C[C@H](F)C5)nc4c(F)c(-c5cc(O)cc6ccc(F)c(OC7CC7)c56)nc(c34)OC[C@H]12. The zero-order valence-corrected chi connectivity index (χ0v) is 26.6. The Morgan fingerprint density at radius 2 is 2.00 bits per heavy atom. The Morgan fingerprint density at radius 1 is 1.12 bits per heavy atom. The van der Waals surface area contributed by atoms with Gasteiger partial charge in [0, 0.05) is 43.0 Å². The second-order valence-corrected chi connectivity index (χ2v) is 13.8. The summed E-state index contributed by atoms with van der Waals surface area (Å²) in [6.45, 7) is 5.01. The fourth-order valence-electron chi connectivity index (χ4n) is 8.29. The number of phenolic OH excluding ortho intramolecular Hbond substituents is 1. The van der Waals surface area contributed by atoms with Gasteiger partial charge >= 0.3 is 6.01 Å². The molecule has 0 bridgehead atoms. The highest BCUT2D eigenvalue weighted by atomic mass is 19.1. The van der Waals surface area contributed by atoms with E-state index in [9.17, 15) is 9.50 Å². The predicted molar refractivity (Wildman–Crippen MR) is 173 cm³/mol. The monoisotopic (exact) mass is 662 g/mol. The molecule has 252 valence electrons. The lowest BCUT2D eigenvalue weighted by molar-refractivity contribution is 0.107. The van der Waals surface area contributed by atoms with Crippen LogP contribution in [0.2, 0.25) is 0 Å². The number of aromatic nitrogens is 3. The van der Waals surface area contributed by atoms with Crippen molar-refractivity contribution < 1.29 is 32.5 Å². The lowest BCUT2D eigenvalue weighted by Gasteiger charge is -2.41. The maximum absolute atomic E-state index is 17.2. The van der Waals surface area contributed by atoms with Crippen molar-refractivity contribution in [1.82, 2.24) is 25.2 Å². The van der Waals surface area contributed by atoms with E-state index in [0.29, 0.717) is 48.0 Å². The number of nitrogens with one attached hydrogen (secondary N) is 1. The second kappa shape index (κ2) is 11.2. The Hall–Kier alpha value is -4.10. The minimum absolute atomic E-state index is 0.0115. The summed E-state index contributed by atoms with van der Waals surface area (Å²) in [6, 6.07) is 5.60. The minimum Gasteiger partial charge on any atom is -0.508 e. The molecule has 3 saturated heterocycles. The number of nitrogens with zero attached hydrogens (tertiary/aromatic N) is 5. The van der Waals surface area contributed by atoms with Crippen LogP contribution in [-0.4, -0.2) is 94.2 Å². The number of piperazine rings is 1. The standard InChI is InChI=1S/C35H37F3N6O4/c1-2-24-25-16-46-33-27-30(28(38)29(40-33)22-13-20(45)12-18-4-7-23(37)31(26(18)22)48-21-5-6-21)41-34(42-32(27)44(25)11-9-39-24)47-17-35-8-3-10-43(35)15-19(36)14-35/h4,7,12-13,19,21,24-25,39,45H,2-3,5-6,8-11,14-17H2,1H3/t19-,24+,25-,35+/m1/s1. The van der Waals surface area contributed by atoms with E-state index in [0.717, 1.165) is 38.6 Å². The molecule has 2 aromatic heterocycles. The van der Waals surface area contributed by atoms with Crippen LogP contribution < -0.4 is 24.4 Å². The van der Waals surface area contributed by atoms with E-state index in [-0.39, 0.29) is 71.6 Å². The van der Waals surface area contributed by atoms with Crippen molar-refractivity contribution in [1.29, 1.82) is 0 Å². The quantitative estimate of drug-likeness (QED) is 0.272. The molecule has 6 heterocycles. The smallest absolute Gasteiger partial charge is 0.319 e. The molecule has 4 fully saturated rings. The van der Waals surface area contributed by atoms with Gasteiger partial charge in [-0.05, 0) is 62.2 Å². The van der Waals surface area contributed by atoms with Gasteiger partial charge in [0.2, 0.25) is 5.88 Å². The highest BCUT2D eigenvalue weighted by Crippen LogP contribution is 2.46. The summed E-state index contributed by atoms with van der Waals surface area (Å²) in [5.74, 6) is -0.922. The van der Waals surface area contributed by atoms with Crippen molar-refractivity contribution in [3.05, 3.63) is 35.9 Å². The van der Waals surface area contributed by atoms with Crippen LogP contribution in [0.15, 0.2) is 24.3 Å². The summed E-state index contributed by atoms with van der Waals surface area (Å²) in [5.41, 5.74) is -0.523. The summed E-state index contributed by atoms with van der Waals surface area (Å²) in [4.78, 5) is 18.5. The van der Waals surface area contributed by atoms with E-state index >= 15 is 8.78 Å². The first kappa shape index (κ1) is 30.0. The molecule has 13 heteroatoms. The lowest BCUT2D eigenvalue weighted by atomic mass is 9.95. The number of aromatic hydroxyl groups is 1. The normalized spacial score (nSPS) is 26.8. The molecule has 4 aliphatic heterocycles. The van der Waals surface area contributed by atoms with Crippen molar-refractivity contribution >= 4 is 27.5 Å². The highest BCUT2D eigenvalue weighted by Gasteiger charge is 2.49. The molecule has 0 unspecified atom stereocenters. The molecule has 1 saturated carbocycles. The first-order valence-corrected chi connectivity index (χ1v) is 17.0. The molecule has 2 N–H and O–H groups in total. The molecular formula is C35H37F3N6O4. The summed E-state index contributed by atoms with van der Waals surface area (Å²) in [5, 5.41) is 15.4. The molecule has 1 aliphatic carbocycles. The predicted octanol–water partition coefficient (Wildman–Crippen LogP) is 5.27.